The molecule has 0 heterocycles. The Labute approximate surface area is 155 Å². The lowest BCUT2D eigenvalue weighted by Gasteiger charge is -2.28. The van der Waals surface area contributed by atoms with E-state index < -0.39 is 10.8 Å². The highest BCUT2D eigenvalue weighted by molar-refractivity contribution is 7.84. The Hall–Kier alpha value is -1.40. The van der Waals surface area contributed by atoms with Crippen LogP contribution in [0.1, 0.15) is 33.3 Å². The minimum Gasteiger partial charge on any atom is -0.379 e. The van der Waals surface area contributed by atoms with E-state index in [-0.39, 0.29) is 11.5 Å². The molecule has 2 atom stereocenters. The van der Waals surface area contributed by atoms with E-state index in [0.29, 0.717) is 24.6 Å². The Bertz CT molecular complexity index is 541. The summed E-state index contributed by atoms with van der Waals surface area (Å²) in [7, 11) is 0.831. The smallest absolute Gasteiger partial charge is 0.191 e. The Morgan fingerprint density at radius 3 is 2.48 bits per heavy atom. The lowest BCUT2D eigenvalue weighted by Crippen LogP contribution is -2.40. The fraction of sp³-hybridized carbons (Fsp3) is 0.632. The molecule has 0 bridgehead atoms. The van der Waals surface area contributed by atoms with Crippen LogP contribution in [0.3, 0.4) is 0 Å². The van der Waals surface area contributed by atoms with Crippen LogP contribution in [-0.4, -0.2) is 48.8 Å². The third kappa shape index (κ3) is 9.02. The largest absolute Gasteiger partial charge is 0.379 e. The summed E-state index contributed by atoms with van der Waals surface area (Å²) in [6, 6.07) is 9.94. The van der Waals surface area contributed by atoms with Gasteiger partial charge in [-0.3, -0.25) is 9.20 Å². The number of aliphatic imine (C=N–C) groups is 1. The molecule has 142 valence electrons. The molecule has 6 heteroatoms. The summed E-state index contributed by atoms with van der Waals surface area (Å²) >= 11 is 0. The van der Waals surface area contributed by atoms with Crippen molar-refractivity contribution in [2.24, 2.45) is 10.4 Å². The maximum atomic E-state index is 12.2. The third-order valence-corrected chi connectivity index (χ3v) is 5.12. The van der Waals surface area contributed by atoms with E-state index in [4.69, 9.17) is 4.74 Å². The number of hydrogen-bond acceptors (Lipinski definition) is 3. The molecule has 0 saturated carbocycles. The predicted molar refractivity (Wildman–Crippen MR) is 107 cm³/mol. The molecule has 0 spiro atoms. The van der Waals surface area contributed by atoms with Gasteiger partial charge in [0.05, 0.1) is 12.6 Å². The van der Waals surface area contributed by atoms with E-state index in [0.717, 1.165) is 18.1 Å². The number of hydrogen-bond donors (Lipinski definition) is 2. The van der Waals surface area contributed by atoms with Crippen molar-refractivity contribution in [2.45, 2.75) is 39.6 Å². The van der Waals surface area contributed by atoms with Gasteiger partial charge in [0.15, 0.2) is 5.96 Å². The average molecular weight is 368 g/mol. The predicted octanol–water partition coefficient (Wildman–Crippen LogP) is 2.55. The maximum absolute atomic E-state index is 12.2. The van der Waals surface area contributed by atoms with Crippen LogP contribution in [-0.2, 0) is 21.3 Å². The maximum Gasteiger partial charge on any atom is 0.191 e. The van der Waals surface area contributed by atoms with Crippen LogP contribution in [0.5, 0.6) is 0 Å². The number of ether oxygens (including phenoxy) is 1. The lowest BCUT2D eigenvalue weighted by atomic mass is 9.89. The molecule has 1 rings (SSSR count). The van der Waals surface area contributed by atoms with Crippen molar-refractivity contribution in [3.05, 3.63) is 35.9 Å². The fourth-order valence-corrected chi connectivity index (χ4v) is 3.37. The van der Waals surface area contributed by atoms with Gasteiger partial charge in [0, 0.05) is 42.5 Å². The molecule has 0 saturated heterocycles. The second kappa shape index (κ2) is 11.3. The van der Waals surface area contributed by atoms with Gasteiger partial charge in [-0.2, -0.15) is 0 Å². The van der Waals surface area contributed by atoms with Crippen molar-refractivity contribution in [2.75, 3.05) is 32.5 Å². The Balaban J connectivity index is 2.46. The first-order valence-electron chi connectivity index (χ1n) is 8.80. The first-order chi connectivity index (χ1) is 11.9. The van der Waals surface area contributed by atoms with Crippen molar-refractivity contribution in [3.8, 4) is 0 Å². The molecule has 1 aromatic carbocycles. The van der Waals surface area contributed by atoms with Crippen LogP contribution < -0.4 is 10.6 Å². The first-order valence-corrected chi connectivity index (χ1v) is 10.3. The molecule has 0 aliphatic carbocycles. The lowest BCUT2D eigenvalue weighted by molar-refractivity contribution is 0.0241. The van der Waals surface area contributed by atoms with Gasteiger partial charge in [0.1, 0.15) is 0 Å². The number of methoxy groups -OCH3 is 1. The van der Waals surface area contributed by atoms with Gasteiger partial charge in [-0.25, -0.2) is 0 Å². The minimum atomic E-state index is -0.890. The second-order valence-electron chi connectivity index (χ2n) is 7.01. The molecule has 0 aliphatic rings. The van der Waals surface area contributed by atoms with E-state index in [1.165, 1.54) is 0 Å². The quantitative estimate of drug-likeness (QED) is 0.520. The summed E-state index contributed by atoms with van der Waals surface area (Å²) in [4.78, 5) is 4.60. The molecule has 1 aromatic rings. The van der Waals surface area contributed by atoms with Gasteiger partial charge in [0.25, 0.3) is 0 Å². The summed E-state index contributed by atoms with van der Waals surface area (Å²) in [5.74, 6) is 1.92. The van der Waals surface area contributed by atoms with Crippen molar-refractivity contribution in [1.29, 1.82) is 0 Å². The topological polar surface area (TPSA) is 62.7 Å². The van der Waals surface area contributed by atoms with Crippen molar-refractivity contribution in [3.63, 3.8) is 0 Å². The van der Waals surface area contributed by atoms with E-state index in [2.05, 4.69) is 36.4 Å². The van der Waals surface area contributed by atoms with Crippen LogP contribution in [0.15, 0.2) is 35.3 Å². The van der Waals surface area contributed by atoms with Gasteiger partial charge >= 0.3 is 0 Å². The molecule has 2 unspecified atom stereocenters. The molecular formula is C19H33N3O2S. The summed E-state index contributed by atoms with van der Waals surface area (Å²) < 4.78 is 17.7. The summed E-state index contributed by atoms with van der Waals surface area (Å²) in [5, 5.41) is 6.48. The molecule has 5 nitrogen and oxygen atoms in total. The van der Waals surface area contributed by atoms with Gasteiger partial charge in [-0.1, -0.05) is 51.1 Å². The highest BCUT2D eigenvalue weighted by Crippen LogP contribution is 2.21. The summed E-state index contributed by atoms with van der Waals surface area (Å²) in [6.45, 7) is 10.5. The SMILES string of the molecule is CCNC(=NCC(OC)C(C)(C)C)NCCS(=O)Cc1ccccc1. The zero-order valence-corrected chi connectivity index (χ0v) is 17.0. The normalized spacial score (nSPS) is 14.8. The van der Waals surface area contributed by atoms with E-state index in [1.54, 1.807) is 7.11 Å². The second-order valence-corrected chi connectivity index (χ2v) is 8.59. The molecule has 2 N–H and O–H groups in total. The number of benzene rings is 1. The van der Waals surface area contributed by atoms with Gasteiger partial charge in [-0.15, -0.1) is 0 Å². The van der Waals surface area contributed by atoms with Crippen molar-refractivity contribution in [1.82, 2.24) is 10.6 Å². The summed E-state index contributed by atoms with van der Waals surface area (Å²) in [6.07, 6.45) is 0.0511. The van der Waals surface area contributed by atoms with Crippen LogP contribution in [0.4, 0.5) is 0 Å². The zero-order chi connectivity index (χ0) is 18.7. The van der Waals surface area contributed by atoms with Crippen LogP contribution in [0, 0.1) is 5.41 Å². The standard InChI is InChI=1S/C19H33N3O2S/c1-6-20-18(22-14-17(24-5)19(2,3)4)21-12-13-25(23)15-16-10-8-7-9-11-16/h7-11,17H,6,12-15H2,1-5H3,(H2,20,21,22). The molecule has 25 heavy (non-hydrogen) atoms. The first kappa shape index (κ1) is 21.6. The van der Waals surface area contributed by atoms with E-state index in [1.807, 2.05) is 37.3 Å². The van der Waals surface area contributed by atoms with Crippen LogP contribution in [0.25, 0.3) is 0 Å². The Kier molecular flexibility index (Phi) is 9.75. The minimum absolute atomic E-state index is 0.0345. The fourth-order valence-electron chi connectivity index (χ4n) is 2.33. The van der Waals surface area contributed by atoms with Crippen molar-refractivity contribution < 1.29 is 8.95 Å². The molecule has 0 aromatic heterocycles. The Morgan fingerprint density at radius 1 is 1.24 bits per heavy atom. The van der Waals surface area contributed by atoms with Crippen LogP contribution >= 0.6 is 0 Å². The number of nitrogens with zero attached hydrogens (tertiary/aromatic N) is 1. The van der Waals surface area contributed by atoms with Crippen molar-refractivity contribution >= 4 is 16.8 Å². The number of rotatable bonds is 9. The van der Waals surface area contributed by atoms with Gasteiger partial charge < -0.3 is 15.4 Å². The Morgan fingerprint density at radius 2 is 1.92 bits per heavy atom. The monoisotopic (exact) mass is 367 g/mol. The third-order valence-electron chi connectivity index (χ3n) is 3.80. The number of nitrogens with one attached hydrogen (secondary N) is 2. The molecule has 0 aliphatic heterocycles. The summed E-state index contributed by atoms with van der Waals surface area (Å²) in [5.41, 5.74) is 1.14. The van der Waals surface area contributed by atoms with E-state index in [9.17, 15) is 4.21 Å². The average Bonchev–Trinajstić information content (AvgIpc) is 2.55. The zero-order valence-electron chi connectivity index (χ0n) is 16.2. The highest BCUT2D eigenvalue weighted by Gasteiger charge is 2.24. The van der Waals surface area contributed by atoms with E-state index >= 15 is 0 Å². The van der Waals surface area contributed by atoms with Crippen LogP contribution in [0.2, 0.25) is 0 Å². The highest BCUT2D eigenvalue weighted by atomic mass is 32.2. The molecule has 0 radical (unpaired) electrons. The number of guanidine groups is 1. The van der Waals surface area contributed by atoms with Gasteiger partial charge in [-0.05, 0) is 17.9 Å². The molecular weight excluding hydrogens is 334 g/mol. The molecule has 0 fully saturated rings. The van der Waals surface area contributed by atoms with Gasteiger partial charge in [0.2, 0.25) is 0 Å². The molecule has 0 amide bonds.